The molecule has 5 nitrogen and oxygen atoms in total. The average Bonchev–Trinajstić information content (AvgIpc) is 2.96. The molecule has 0 aliphatic carbocycles. The normalized spacial score (nSPS) is 14.4. The zero-order chi connectivity index (χ0) is 28.1. The fourth-order valence-corrected chi connectivity index (χ4v) is 6.61. The highest BCUT2D eigenvalue weighted by Gasteiger charge is 2.29. The van der Waals surface area contributed by atoms with E-state index in [2.05, 4.69) is 4.90 Å². The molecule has 1 fully saturated rings. The van der Waals surface area contributed by atoms with Crippen molar-refractivity contribution in [3.63, 3.8) is 0 Å². The molecule has 9 heteroatoms. The van der Waals surface area contributed by atoms with Crippen molar-refractivity contribution in [2.75, 3.05) is 30.5 Å². The maximum absolute atomic E-state index is 15.1. The van der Waals surface area contributed by atoms with Crippen molar-refractivity contribution in [3.05, 3.63) is 101 Å². The van der Waals surface area contributed by atoms with Crippen molar-refractivity contribution in [3.8, 4) is 5.75 Å². The number of hydrogen-bond acceptors (Lipinski definition) is 4. The van der Waals surface area contributed by atoms with E-state index in [9.17, 15) is 12.8 Å². The third-order valence-electron chi connectivity index (χ3n) is 7.15. The molecule has 0 saturated carbocycles. The second-order valence-electron chi connectivity index (χ2n) is 9.97. The summed E-state index contributed by atoms with van der Waals surface area (Å²) in [5, 5.41) is 2.17. The fourth-order valence-electron chi connectivity index (χ4n) is 5.04. The summed E-state index contributed by atoms with van der Waals surface area (Å²) in [6.07, 6.45) is 4.51. The Kier molecular flexibility index (Phi) is 8.88. The number of anilines is 1. The zero-order valence-corrected chi connectivity index (χ0v) is 23.6. The Morgan fingerprint density at radius 3 is 2.30 bits per heavy atom. The number of benzene rings is 4. The molecule has 0 aromatic heterocycles. The van der Waals surface area contributed by atoms with Gasteiger partial charge < -0.3 is 9.64 Å². The van der Waals surface area contributed by atoms with Crippen LogP contribution < -0.4 is 9.04 Å². The maximum Gasteiger partial charge on any atom is 0.264 e. The number of rotatable bonds is 10. The molecule has 1 saturated heterocycles. The number of likely N-dealkylation sites (tertiary alicyclic amines) is 1. The second kappa shape index (κ2) is 12.5. The smallest absolute Gasteiger partial charge is 0.264 e. The second-order valence-corrected chi connectivity index (χ2v) is 12.3. The van der Waals surface area contributed by atoms with Crippen LogP contribution in [0.5, 0.6) is 5.75 Å². The van der Waals surface area contributed by atoms with Crippen molar-refractivity contribution in [2.24, 2.45) is 0 Å². The Labute approximate surface area is 239 Å². The Bertz CT molecular complexity index is 1580. The maximum atomic E-state index is 15.1. The molecule has 1 aliphatic heterocycles. The van der Waals surface area contributed by atoms with Gasteiger partial charge in [0, 0.05) is 23.2 Å². The average molecular weight is 585 g/mol. The molecule has 0 bridgehead atoms. The lowest BCUT2D eigenvalue weighted by atomic mass is 10.1. The number of nitrogens with zero attached hydrogens (tertiary/aromatic N) is 2. The molecule has 4 aromatic carbocycles. The molecule has 0 atom stereocenters. The summed E-state index contributed by atoms with van der Waals surface area (Å²) in [5.74, 6) is -1.10. The lowest BCUT2D eigenvalue weighted by Crippen LogP contribution is -2.32. The minimum atomic E-state index is -4.31. The Balaban J connectivity index is 1.50. The summed E-state index contributed by atoms with van der Waals surface area (Å²) in [7, 11) is -4.31. The van der Waals surface area contributed by atoms with Gasteiger partial charge >= 0.3 is 0 Å². The SMILES string of the molecule is O=S(=O)(c1ccc(Cl)cc1)N(Cc1cc2ccccc2cc1OCCCN1CCCCC1)c1cc(F)ccc1F. The minimum absolute atomic E-state index is 0.0923. The van der Waals surface area contributed by atoms with Crippen LogP contribution in [0.25, 0.3) is 10.8 Å². The number of fused-ring (bicyclic) bond motifs is 1. The van der Waals surface area contributed by atoms with Crippen LogP contribution in [0.1, 0.15) is 31.2 Å². The van der Waals surface area contributed by atoms with Gasteiger partial charge in [-0.3, -0.25) is 4.31 Å². The summed E-state index contributed by atoms with van der Waals surface area (Å²) in [4.78, 5) is 2.34. The van der Waals surface area contributed by atoms with Crippen LogP contribution in [0.3, 0.4) is 0 Å². The first-order chi connectivity index (χ1) is 19.3. The van der Waals surface area contributed by atoms with Gasteiger partial charge in [0.25, 0.3) is 10.0 Å². The predicted octanol–water partition coefficient (Wildman–Crippen LogP) is 7.42. The van der Waals surface area contributed by atoms with Crippen molar-refractivity contribution in [1.29, 1.82) is 0 Å². The monoisotopic (exact) mass is 584 g/mol. The van der Waals surface area contributed by atoms with E-state index in [1.165, 1.54) is 43.5 Å². The molecule has 0 spiro atoms. The molecule has 0 amide bonds. The van der Waals surface area contributed by atoms with Gasteiger partial charge in [-0.1, -0.05) is 42.3 Å². The largest absolute Gasteiger partial charge is 0.493 e. The van der Waals surface area contributed by atoms with Crippen molar-refractivity contribution >= 4 is 38.1 Å². The van der Waals surface area contributed by atoms with Crippen LogP contribution in [-0.4, -0.2) is 39.6 Å². The summed E-state index contributed by atoms with van der Waals surface area (Å²) in [6.45, 7) is 3.29. The topological polar surface area (TPSA) is 49.9 Å². The molecule has 0 N–H and O–H groups in total. The number of hydrogen-bond donors (Lipinski definition) is 0. The molecule has 4 aromatic rings. The lowest BCUT2D eigenvalue weighted by molar-refractivity contribution is 0.204. The molecular formula is C31H31ClF2N2O3S. The summed E-state index contributed by atoms with van der Waals surface area (Å²) in [5.41, 5.74) is 0.150. The van der Waals surface area contributed by atoms with Gasteiger partial charge in [0.2, 0.25) is 0 Å². The fraction of sp³-hybridized carbons (Fsp3) is 0.290. The molecule has 5 rings (SSSR count). The third-order valence-corrected chi connectivity index (χ3v) is 9.17. The summed E-state index contributed by atoms with van der Waals surface area (Å²) >= 11 is 5.98. The van der Waals surface area contributed by atoms with Crippen molar-refractivity contribution in [1.82, 2.24) is 4.90 Å². The van der Waals surface area contributed by atoms with E-state index < -0.39 is 21.7 Å². The highest BCUT2D eigenvalue weighted by Crippen LogP contribution is 2.34. The van der Waals surface area contributed by atoms with Crippen molar-refractivity contribution in [2.45, 2.75) is 37.1 Å². The molecule has 0 unspecified atom stereocenters. The van der Waals surface area contributed by atoms with Gasteiger partial charge in [-0.2, -0.15) is 0 Å². The van der Waals surface area contributed by atoms with E-state index >= 15 is 4.39 Å². The lowest BCUT2D eigenvalue weighted by Gasteiger charge is -2.27. The summed E-state index contributed by atoms with van der Waals surface area (Å²) in [6, 6.07) is 19.8. The Morgan fingerprint density at radius 1 is 0.875 bits per heavy atom. The van der Waals surface area contributed by atoms with Crippen LogP contribution in [0.15, 0.2) is 83.8 Å². The van der Waals surface area contributed by atoms with E-state index in [1.54, 1.807) is 0 Å². The van der Waals surface area contributed by atoms with E-state index in [4.69, 9.17) is 16.3 Å². The van der Waals surface area contributed by atoms with Gasteiger partial charge in [-0.05, 0) is 91.7 Å². The first kappa shape index (κ1) is 28.3. The highest BCUT2D eigenvalue weighted by atomic mass is 35.5. The molecule has 40 heavy (non-hydrogen) atoms. The number of piperidine rings is 1. The molecule has 1 aliphatic rings. The van der Waals surface area contributed by atoms with Gasteiger partial charge in [0.15, 0.2) is 0 Å². The van der Waals surface area contributed by atoms with Crippen LogP contribution in [0, 0.1) is 11.6 Å². The first-order valence-electron chi connectivity index (χ1n) is 13.4. The van der Waals surface area contributed by atoms with Gasteiger partial charge in [0.1, 0.15) is 17.4 Å². The standard InChI is InChI=1S/C31H31ClF2N2O3S/c32-26-9-12-28(13-10-26)40(37,38)36(30-21-27(33)11-14-29(30)34)22-25-19-23-7-2-3-8-24(23)20-31(25)39-18-6-17-35-15-4-1-5-16-35/h2-3,7-14,19-21H,1,4-6,15-18,22H2. The van der Waals surface area contributed by atoms with E-state index in [1.807, 2.05) is 36.4 Å². The van der Waals surface area contributed by atoms with Crippen LogP contribution >= 0.6 is 11.6 Å². The quantitative estimate of drug-likeness (QED) is 0.182. The van der Waals surface area contributed by atoms with E-state index in [0.717, 1.165) is 59.3 Å². The number of sulfonamides is 1. The minimum Gasteiger partial charge on any atom is -0.493 e. The van der Waals surface area contributed by atoms with E-state index in [0.29, 0.717) is 22.9 Å². The van der Waals surface area contributed by atoms with Crippen LogP contribution in [0.2, 0.25) is 5.02 Å². The zero-order valence-electron chi connectivity index (χ0n) is 22.0. The molecular weight excluding hydrogens is 554 g/mol. The predicted molar refractivity (Wildman–Crippen MR) is 156 cm³/mol. The number of ether oxygens (including phenoxy) is 1. The first-order valence-corrected chi connectivity index (χ1v) is 15.2. The highest BCUT2D eigenvalue weighted by molar-refractivity contribution is 7.92. The molecule has 0 radical (unpaired) electrons. The van der Waals surface area contributed by atoms with Gasteiger partial charge in [0.05, 0.1) is 23.7 Å². The molecule has 1 heterocycles. The van der Waals surface area contributed by atoms with Crippen LogP contribution in [0.4, 0.5) is 14.5 Å². The Hall–Kier alpha value is -3.20. The Morgan fingerprint density at radius 2 is 1.57 bits per heavy atom. The van der Waals surface area contributed by atoms with Gasteiger partial charge in [-0.15, -0.1) is 0 Å². The number of halogens is 3. The van der Waals surface area contributed by atoms with Crippen molar-refractivity contribution < 1.29 is 21.9 Å². The molecule has 210 valence electrons. The summed E-state index contributed by atoms with van der Waals surface area (Å²) < 4.78 is 64.2. The van der Waals surface area contributed by atoms with Crippen LogP contribution in [-0.2, 0) is 16.6 Å². The third kappa shape index (κ3) is 6.57. The van der Waals surface area contributed by atoms with Gasteiger partial charge in [-0.25, -0.2) is 17.2 Å². The van der Waals surface area contributed by atoms with E-state index in [-0.39, 0.29) is 17.1 Å².